The summed E-state index contributed by atoms with van der Waals surface area (Å²) in [5.74, 6) is 0. The molecule has 0 saturated heterocycles. The average Bonchev–Trinajstić information content (AvgIpc) is 2.92. The standard InChI is InChI=1S/C14H19N3O2S2/c1-17(13-6-3-2-4-7-13)9-5-8-16-21(18,19)14-10-12(15)11-20-14/h2-4,6-7,10-11,16H,5,8-9,15H2,1H3. The Balaban J connectivity index is 1.80. The molecule has 0 aliphatic carbocycles. The first-order valence-electron chi connectivity index (χ1n) is 6.59. The van der Waals surface area contributed by atoms with Gasteiger partial charge in [0.15, 0.2) is 0 Å². The van der Waals surface area contributed by atoms with Gasteiger partial charge in [0.05, 0.1) is 0 Å². The van der Waals surface area contributed by atoms with Gasteiger partial charge in [-0.1, -0.05) is 18.2 Å². The zero-order valence-electron chi connectivity index (χ0n) is 11.8. The minimum atomic E-state index is -3.43. The van der Waals surface area contributed by atoms with E-state index >= 15 is 0 Å². The summed E-state index contributed by atoms with van der Waals surface area (Å²) >= 11 is 1.13. The van der Waals surface area contributed by atoms with Crippen LogP contribution in [0.4, 0.5) is 11.4 Å². The van der Waals surface area contributed by atoms with Crippen LogP contribution in [0.25, 0.3) is 0 Å². The molecule has 0 atom stereocenters. The van der Waals surface area contributed by atoms with Crippen LogP contribution < -0.4 is 15.4 Å². The number of nitrogen functional groups attached to an aromatic ring is 1. The topological polar surface area (TPSA) is 75.4 Å². The summed E-state index contributed by atoms with van der Waals surface area (Å²) < 4.78 is 26.8. The van der Waals surface area contributed by atoms with Crippen molar-refractivity contribution in [3.63, 3.8) is 0 Å². The van der Waals surface area contributed by atoms with E-state index in [9.17, 15) is 8.42 Å². The highest BCUT2D eigenvalue weighted by Crippen LogP contribution is 2.21. The first-order valence-corrected chi connectivity index (χ1v) is 8.95. The number of sulfonamides is 1. The van der Waals surface area contributed by atoms with Crippen LogP contribution in [0.3, 0.4) is 0 Å². The van der Waals surface area contributed by atoms with Gasteiger partial charge in [-0.2, -0.15) is 0 Å². The van der Waals surface area contributed by atoms with E-state index in [4.69, 9.17) is 5.73 Å². The molecule has 0 saturated carbocycles. The summed E-state index contributed by atoms with van der Waals surface area (Å²) in [4.78, 5) is 2.09. The van der Waals surface area contributed by atoms with E-state index < -0.39 is 10.0 Å². The summed E-state index contributed by atoms with van der Waals surface area (Å²) in [6.07, 6.45) is 0.728. The molecule has 1 heterocycles. The largest absolute Gasteiger partial charge is 0.398 e. The summed E-state index contributed by atoms with van der Waals surface area (Å²) in [7, 11) is -1.44. The molecular weight excluding hydrogens is 306 g/mol. The lowest BCUT2D eigenvalue weighted by atomic mass is 10.3. The summed E-state index contributed by atoms with van der Waals surface area (Å²) in [5, 5.41) is 1.62. The van der Waals surface area contributed by atoms with Crippen LogP contribution >= 0.6 is 11.3 Å². The molecule has 0 unspecified atom stereocenters. The van der Waals surface area contributed by atoms with Crippen LogP contribution in [0, 0.1) is 0 Å². The van der Waals surface area contributed by atoms with Crippen LogP contribution in [0.2, 0.25) is 0 Å². The Morgan fingerprint density at radius 2 is 2.00 bits per heavy atom. The fourth-order valence-corrected chi connectivity index (χ4v) is 4.08. The number of para-hydroxylation sites is 1. The molecule has 7 heteroatoms. The second kappa shape index (κ2) is 6.93. The van der Waals surface area contributed by atoms with Gasteiger partial charge in [0.25, 0.3) is 0 Å². The van der Waals surface area contributed by atoms with E-state index in [-0.39, 0.29) is 4.21 Å². The van der Waals surface area contributed by atoms with Gasteiger partial charge in [-0.3, -0.25) is 0 Å². The maximum atomic E-state index is 12.0. The average molecular weight is 325 g/mol. The first kappa shape index (κ1) is 15.8. The molecule has 21 heavy (non-hydrogen) atoms. The number of hydrogen-bond acceptors (Lipinski definition) is 5. The molecule has 1 aromatic carbocycles. The molecule has 0 aliphatic rings. The van der Waals surface area contributed by atoms with E-state index in [0.717, 1.165) is 30.0 Å². The third kappa shape index (κ3) is 4.45. The number of benzene rings is 1. The van der Waals surface area contributed by atoms with Gasteiger partial charge in [-0.25, -0.2) is 13.1 Å². The number of anilines is 2. The predicted octanol–water partition coefficient (Wildman–Crippen LogP) is 2.14. The van der Waals surface area contributed by atoms with Crippen molar-refractivity contribution in [2.24, 2.45) is 0 Å². The molecule has 3 N–H and O–H groups in total. The number of hydrogen-bond donors (Lipinski definition) is 2. The highest BCUT2D eigenvalue weighted by molar-refractivity contribution is 7.91. The lowest BCUT2D eigenvalue weighted by Crippen LogP contribution is -2.27. The molecule has 0 fully saturated rings. The number of nitrogens with zero attached hydrogens (tertiary/aromatic N) is 1. The normalized spacial score (nSPS) is 11.5. The van der Waals surface area contributed by atoms with Crippen molar-refractivity contribution in [2.45, 2.75) is 10.6 Å². The molecule has 0 amide bonds. The number of nitrogens with one attached hydrogen (secondary N) is 1. The highest BCUT2D eigenvalue weighted by Gasteiger charge is 2.15. The zero-order chi connectivity index (χ0) is 15.3. The van der Waals surface area contributed by atoms with E-state index in [1.54, 1.807) is 5.38 Å². The molecule has 0 aliphatic heterocycles. The minimum Gasteiger partial charge on any atom is -0.398 e. The zero-order valence-corrected chi connectivity index (χ0v) is 13.5. The van der Waals surface area contributed by atoms with Crippen molar-refractivity contribution in [3.8, 4) is 0 Å². The highest BCUT2D eigenvalue weighted by atomic mass is 32.2. The monoisotopic (exact) mass is 325 g/mol. The van der Waals surface area contributed by atoms with Crippen molar-refractivity contribution in [1.29, 1.82) is 0 Å². The smallest absolute Gasteiger partial charge is 0.250 e. The Morgan fingerprint density at radius 3 is 2.62 bits per heavy atom. The van der Waals surface area contributed by atoms with Gasteiger partial charge in [0.1, 0.15) is 4.21 Å². The molecule has 2 aromatic rings. The maximum absolute atomic E-state index is 12.0. The first-order chi connectivity index (χ1) is 9.99. The van der Waals surface area contributed by atoms with E-state index in [1.807, 2.05) is 37.4 Å². The molecule has 0 spiro atoms. The molecule has 114 valence electrons. The Hall–Kier alpha value is -1.57. The van der Waals surface area contributed by atoms with Crippen molar-refractivity contribution in [3.05, 3.63) is 41.8 Å². The Morgan fingerprint density at radius 1 is 1.29 bits per heavy atom. The van der Waals surface area contributed by atoms with Crippen LogP contribution in [-0.2, 0) is 10.0 Å². The van der Waals surface area contributed by atoms with E-state index in [2.05, 4.69) is 9.62 Å². The van der Waals surface area contributed by atoms with Gasteiger partial charge in [0, 0.05) is 36.9 Å². The lowest BCUT2D eigenvalue weighted by Gasteiger charge is -2.19. The third-order valence-electron chi connectivity index (χ3n) is 3.02. The van der Waals surface area contributed by atoms with Gasteiger partial charge in [-0.05, 0) is 24.6 Å². The maximum Gasteiger partial charge on any atom is 0.250 e. The summed E-state index contributed by atoms with van der Waals surface area (Å²) in [6.45, 7) is 1.18. The number of thiophene rings is 1. The van der Waals surface area contributed by atoms with Crippen molar-refractivity contribution < 1.29 is 8.42 Å². The predicted molar refractivity (Wildman–Crippen MR) is 88.2 cm³/mol. The molecule has 1 aromatic heterocycles. The lowest BCUT2D eigenvalue weighted by molar-refractivity contribution is 0.581. The number of nitrogens with two attached hydrogens (primary N) is 1. The fourth-order valence-electron chi connectivity index (χ4n) is 1.88. The van der Waals surface area contributed by atoms with Gasteiger partial charge in [0.2, 0.25) is 10.0 Å². The third-order valence-corrected chi connectivity index (χ3v) is 5.94. The quantitative estimate of drug-likeness (QED) is 0.765. The summed E-state index contributed by atoms with van der Waals surface area (Å²) in [6, 6.07) is 11.5. The van der Waals surface area contributed by atoms with Crippen LogP contribution in [0.15, 0.2) is 46.0 Å². The SMILES string of the molecule is CN(CCCNS(=O)(=O)c1cc(N)cs1)c1ccccc1. The van der Waals surface area contributed by atoms with Crippen molar-refractivity contribution in [2.75, 3.05) is 30.8 Å². The van der Waals surface area contributed by atoms with E-state index in [1.165, 1.54) is 6.07 Å². The second-order valence-electron chi connectivity index (χ2n) is 4.71. The van der Waals surface area contributed by atoms with Crippen LogP contribution in [0.1, 0.15) is 6.42 Å². The fraction of sp³-hybridized carbons (Fsp3) is 0.286. The van der Waals surface area contributed by atoms with Gasteiger partial charge < -0.3 is 10.6 Å². The second-order valence-corrected chi connectivity index (χ2v) is 7.61. The molecule has 0 radical (unpaired) electrons. The van der Waals surface area contributed by atoms with Gasteiger partial charge in [-0.15, -0.1) is 11.3 Å². The molecular formula is C14H19N3O2S2. The van der Waals surface area contributed by atoms with Crippen molar-refractivity contribution in [1.82, 2.24) is 4.72 Å². The Labute approximate surface area is 129 Å². The Kier molecular flexibility index (Phi) is 5.22. The van der Waals surface area contributed by atoms with Crippen LogP contribution in [-0.4, -0.2) is 28.6 Å². The Bertz CT molecular complexity index is 669. The van der Waals surface area contributed by atoms with Crippen LogP contribution in [0.5, 0.6) is 0 Å². The molecule has 2 rings (SSSR count). The molecule has 0 bridgehead atoms. The van der Waals surface area contributed by atoms with Crippen molar-refractivity contribution >= 4 is 32.7 Å². The minimum absolute atomic E-state index is 0.261. The van der Waals surface area contributed by atoms with E-state index in [0.29, 0.717) is 12.2 Å². The van der Waals surface area contributed by atoms with Gasteiger partial charge >= 0.3 is 0 Å². The summed E-state index contributed by atoms with van der Waals surface area (Å²) in [5.41, 5.74) is 7.14. The molecule has 5 nitrogen and oxygen atoms in total. The number of rotatable bonds is 7.